The van der Waals surface area contributed by atoms with Crippen LogP contribution in [-0.4, -0.2) is 27.2 Å². The fraction of sp³-hybridized carbons (Fsp3) is 0.143. The Hall–Kier alpha value is -6.60. The SMILES string of the molecule is C=C/C=C\C(=C)c1nc(/C(C)=C/C(=C\C)c2cccc3c2oc2c(-c4ccc5c(c4)C(C)(C)c4ccc6ncoc6c4-5)cccc23)nc(C(/C=C\C)=C/BC)n1. The summed E-state index contributed by atoms with van der Waals surface area (Å²) >= 11 is 0. The van der Waals surface area contributed by atoms with E-state index in [4.69, 9.17) is 23.8 Å². The summed E-state index contributed by atoms with van der Waals surface area (Å²) in [6.07, 6.45) is 15.2. The van der Waals surface area contributed by atoms with Gasteiger partial charge in [0.15, 0.2) is 29.4 Å². The second-order valence-electron chi connectivity index (χ2n) is 14.6. The molecule has 0 amide bonds. The van der Waals surface area contributed by atoms with Gasteiger partial charge < -0.3 is 8.83 Å². The normalized spacial score (nSPS) is 14.4. The maximum atomic E-state index is 6.94. The van der Waals surface area contributed by atoms with E-state index in [-0.39, 0.29) is 5.41 Å². The Labute approximate surface area is 328 Å². The van der Waals surface area contributed by atoms with Gasteiger partial charge >= 0.3 is 0 Å². The standard InChI is InChI=1S/C49H43BN4O2/c1-9-12-16-29(4)46-52-47(54-48(53-46)33(15-10-2)27-50-8)30(5)25-31(11-3)34-17-13-19-36-37-20-14-18-35(44(37)56-43(34)36)32-21-22-38-40(26-32)49(6,7)39-23-24-41-45(42(38)39)55-28-51-41/h9-28,50H,1,4H2,2-3,5-8H3/b15-10-,16-12-,30-25+,31-11+,33-27+. The topological polar surface area (TPSA) is 77.8 Å². The zero-order chi connectivity index (χ0) is 39.1. The molecule has 274 valence electrons. The fourth-order valence-corrected chi connectivity index (χ4v) is 7.91. The number of benzene rings is 4. The van der Waals surface area contributed by atoms with Crippen molar-refractivity contribution in [2.24, 2.45) is 0 Å². The molecule has 1 aliphatic rings. The molecule has 7 aromatic rings. The van der Waals surface area contributed by atoms with Crippen molar-refractivity contribution in [3.05, 3.63) is 169 Å². The molecule has 1 aliphatic carbocycles. The maximum absolute atomic E-state index is 6.94. The van der Waals surface area contributed by atoms with Crippen LogP contribution in [0.2, 0.25) is 6.82 Å². The molecule has 0 spiro atoms. The second-order valence-corrected chi connectivity index (χ2v) is 14.6. The van der Waals surface area contributed by atoms with Crippen molar-refractivity contribution in [2.45, 2.75) is 46.9 Å². The van der Waals surface area contributed by atoms with Crippen molar-refractivity contribution in [3.63, 3.8) is 0 Å². The van der Waals surface area contributed by atoms with E-state index in [0.29, 0.717) is 23.0 Å². The van der Waals surface area contributed by atoms with Gasteiger partial charge in [0.05, 0.1) is 0 Å². The molecule has 56 heavy (non-hydrogen) atoms. The number of furan rings is 1. The van der Waals surface area contributed by atoms with E-state index in [1.54, 1.807) is 6.08 Å². The highest BCUT2D eigenvalue weighted by Crippen LogP contribution is 2.52. The predicted molar refractivity (Wildman–Crippen MR) is 236 cm³/mol. The zero-order valence-corrected chi connectivity index (χ0v) is 32.8. The average Bonchev–Trinajstić information content (AvgIpc) is 3.91. The summed E-state index contributed by atoms with van der Waals surface area (Å²) in [7, 11) is 0.847. The van der Waals surface area contributed by atoms with E-state index in [9.17, 15) is 0 Å². The molecule has 0 radical (unpaired) electrons. The lowest BCUT2D eigenvalue weighted by Gasteiger charge is -2.22. The van der Waals surface area contributed by atoms with Crippen LogP contribution in [0.1, 0.15) is 68.8 Å². The fourth-order valence-electron chi connectivity index (χ4n) is 7.91. The van der Waals surface area contributed by atoms with Gasteiger partial charge in [-0.3, -0.25) is 0 Å². The zero-order valence-electron chi connectivity index (χ0n) is 32.8. The van der Waals surface area contributed by atoms with E-state index in [1.165, 1.54) is 23.1 Å². The summed E-state index contributed by atoms with van der Waals surface area (Å²) in [6.45, 7) is 20.8. The van der Waals surface area contributed by atoms with Gasteiger partial charge in [0.25, 0.3) is 0 Å². The number of fused-ring (bicyclic) bond motifs is 8. The van der Waals surface area contributed by atoms with Crippen molar-refractivity contribution in [1.82, 2.24) is 19.9 Å². The third-order valence-electron chi connectivity index (χ3n) is 10.7. The molecule has 8 rings (SSSR count). The van der Waals surface area contributed by atoms with Crippen LogP contribution in [0, 0.1) is 0 Å². The van der Waals surface area contributed by atoms with Crippen LogP contribution >= 0.6 is 0 Å². The summed E-state index contributed by atoms with van der Waals surface area (Å²) in [6, 6.07) is 23.8. The van der Waals surface area contributed by atoms with Crippen molar-refractivity contribution in [3.8, 4) is 22.3 Å². The van der Waals surface area contributed by atoms with Crippen molar-refractivity contribution < 1.29 is 8.83 Å². The van der Waals surface area contributed by atoms with Crippen molar-refractivity contribution in [1.29, 1.82) is 0 Å². The van der Waals surface area contributed by atoms with Gasteiger partial charge in [0.2, 0.25) is 0 Å². The van der Waals surface area contributed by atoms with Gasteiger partial charge in [-0.15, -0.1) is 5.98 Å². The van der Waals surface area contributed by atoms with Crippen molar-refractivity contribution in [2.75, 3.05) is 0 Å². The van der Waals surface area contributed by atoms with E-state index in [2.05, 4.69) is 124 Å². The van der Waals surface area contributed by atoms with Gasteiger partial charge in [0.1, 0.15) is 24.0 Å². The van der Waals surface area contributed by atoms with Gasteiger partial charge in [-0.05, 0) is 72.4 Å². The molecule has 0 N–H and O–H groups in total. The molecule has 0 unspecified atom stereocenters. The van der Waals surface area contributed by atoms with Gasteiger partial charge in [0, 0.05) is 44.0 Å². The highest BCUT2D eigenvalue weighted by Gasteiger charge is 2.38. The summed E-state index contributed by atoms with van der Waals surface area (Å²) in [5.74, 6) is 3.82. The van der Waals surface area contributed by atoms with Gasteiger partial charge in [-0.25, -0.2) is 19.9 Å². The minimum atomic E-state index is -0.211. The highest BCUT2D eigenvalue weighted by atomic mass is 16.3. The van der Waals surface area contributed by atoms with Crippen LogP contribution in [0.3, 0.4) is 0 Å². The van der Waals surface area contributed by atoms with Crippen LogP contribution in [0.15, 0.2) is 144 Å². The number of hydrogen-bond acceptors (Lipinski definition) is 6. The molecule has 0 saturated heterocycles. The molecular weight excluding hydrogens is 687 g/mol. The van der Waals surface area contributed by atoms with Gasteiger partial charge in [-0.1, -0.05) is 125 Å². The van der Waals surface area contributed by atoms with Crippen LogP contribution in [0.5, 0.6) is 0 Å². The van der Waals surface area contributed by atoms with Crippen LogP contribution in [-0.2, 0) is 5.41 Å². The minimum absolute atomic E-state index is 0.211. The first-order valence-corrected chi connectivity index (χ1v) is 19.1. The third-order valence-corrected chi connectivity index (χ3v) is 10.7. The van der Waals surface area contributed by atoms with E-state index >= 15 is 0 Å². The molecule has 4 aromatic carbocycles. The number of nitrogens with zero attached hydrogens (tertiary/aromatic N) is 4. The van der Waals surface area contributed by atoms with E-state index in [0.717, 1.165) is 79.3 Å². The first-order valence-electron chi connectivity index (χ1n) is 19.1. The highest BCUT2D eigenvalue weighted by molar-refractivity contribution is 6.42. The summed E-state index contributed by atoms with van der Waals surface area (Å²) < 4.78 is 12.8. The summed E-state index contributed by atoms with van der Waals surface area (Å²) in [5.41, 5.74) is 14.6. The molecule has 0 saturated carbocycles. The second kappa shape index (κ2) is 14.6. The molecule has 0 bridgehead atoms. The molecule has 0 atom stereocenters. The third kappa shape index (κ3) is 6.10. The molecule has 7 heteroatoms. The molecule has 6 nitrogen and oxygen atoms in total. The smallest absolute Gasteiger partial charge is 0.182 e. The number of oxazole rings is 1. The Balaban J connectivity index is 1.22. The number of allylic oxidation sites excluding steroid dienone is 11. The first-order chi connectivity index (χ1) is 27.2. The summed E-state index contributed by atoms with van der Waals surface area (Å²) in [5, 5.41) is 2.13. The Morgan fingerprint density at radius 2 is 1.57 bits per heavy atom. The van der Waals surface area contributed by atoms with Gasteiger partial charge in [-0.2, -0.15) is 0 Å². The lowest BCUT2D eigenvalue weighted by Crippen LogP contribution is -2.14. The van der Waals surface area contributed by atoms with Crippen LogP contribution in [0.4, 0.5) is 0 Å². The first kappa shape index (κ1) is 36.4. The maximum Gasteiger partial charge on any atom is 0.182 e. The van der Waals surface area contributed by atoms with Crippen molar-refractivity contribution >= 4 is 62.6 Å². The monoisotopic (exact) mass is 730 g/mol. The molecule has 3 heterocycles. The minimum Gasteiger partial charge on any atom is -0.455 e. The van der Waals surface area contributed by atoms with E-state index < -0.39 is 0 Å². The summed E-state index contributed by atoms with van der Waals surface area (Å²) in [4.78, 5) is 19.1. The Morgan fingerprint density at radius 1 is 0.804 bits per heavy atom. The Kier molecular flexibility index (Phi) is 9.47. The molecule has 3 aromatic heterocycles. The Morgan fingerprint density at radius 3 is 2.34 bits per heavy atom. The van der Waals surface area contributed by atoms with E-state index in [1.807, 2.05) is 45.1 Å². The lowest BCUT2D eigenvalue weighted by atomic mass is 9.80. The number of aromatic nitrogens is 4. The lowest BCUT2D eigenvalue weighted by molar-refractivity contribution is 0.601. The van der Waals surface area contributed by atoms with Crippen LogP contribution in [0.25, 0.3) is 77.6 Å². The molecule has 0 aliphatic heterocycles. The number of hydrogen-bond donors (Lipinski definition) is 0. The quantitative estimate of drug-likeness (QED) is 0.103. The largest absolute Gasteiger partial charge is 0.455 e. The van der Waals surface area contributed by atoms with Crippen LogP contribution < -0.4 is 0 Å². The molecular formula is C49H43BN4O2. The number of rotatable bonds is 10. The average molecular weight is 731 g/mol. The predicted octanol–water partition coefficient (Wildman–Crippen LogP) is 12.5. The Bertz CT molecular complexity index is 2890. The number of para-hydroxylation sites is 2. The molecule has 0 fully saturated rings.